The van der Waals surface area contributed by atoms with Gasteiger partial charge in [-0.1, -0.05) is 60.7 Å². The summed E-state index contributed by atoms with van der Waals surface area (Å²) >= 11 is 0. The number of hydrogen-bond donors (Lipinski definition) is 2. The predicted octanol–water partition coefficient (Wildman–Crippen LogP) is 7.71. The lowest BCUT2D eigenvalue weighted by Crippen LogP contribution is -2.48. The van der Waals surface area contributed by atoms with Crippen molar-refractivity contribution in [3.8, 4) is 44.9 Å². The van der Waals surface area contributed by atoms with Crippen molar-refractivity contribution >= 4 is 23.2 Å². The molecule has 7 rings (SSSR count). The van der Waals surface area contributed by atoms with Crippen molar-refractivity contribution in [2.75, 3.05) is 28.3 Å². The van der Waals surface area contributed by atoms with Crippen molar-refractivity contribution < 1.29 is 24.3 Å². The minimum absolute atomic E-state index is 0.138. The van der Waals surface area contributed by atoms with Crippen LogP contribution in [0.15, 0.2) is 116 Å². The molecule has 5 aromatic rings. The van der Waals surface area contributed by atoms with E-state index in [-0.39, 0.29) is 13.2 Å². The van der Waals surface area contributed by atoms with E-state index < -0.39 is 0 Å². The quantitative estimate of drug-likeness (QED) is 0.138. The predicted molar refractivity (Wildman–Crippen MR) is 190 cm³/mol. The lowest BCUT2D eigenvalue weighted by Gasteiger charge is -2.30. The number of aliphatic hydroxyl groups is 2. The molecule has 0 spiro atoms. The van der Waals surface area contributed by atoms with Crippen LogP contribution in [0.3, 0.4) is 0 Å². The van der Waals surface area contributed by atoms with E-state index >= 15 is 0 Å². The van der Waals surface area contributed by atoms with Crippen molar-refractivity contribution in [2.45, 2.75) is 13.2 Å². The molecule has 0 saturated carbocycles. The summed E-state index contributed by atoms with van der Waals surface area (Å²) in [5.41, 5.74) is 11.9. The van der Waals surface area contributed by atoms with Gasteiger partial charge in [0.05, 0.1) is 34.5 Å². The highest BCUT2D eigenvalue weighted by atomic mass is 16.5. The van der Waals surface area contributed by atoms with E-state index in [9.17, 15) is 10.2 Å². The summed E-state index contributed by atoms with van der Waals surface area (Å²) in [5, 5.41) is 20.2. The molecule has 2 aliphatic rings. The summed E-state index contributed by atoms with van der Waals surface area (Å²) in [6, 6.07) is 35.7. The Bertz CT molecular complexity index is 2040. The topological polar surface area (TPSA) is 61.9 Å². The van der Waals surface area contributed by atoms with Gasteiger partial charge in [-0.25, -0.2) is 0 Å². The summed E-state index contributed by atoms with van der Waals surface area (Å²) in [5.74, 6) is 2.36. The molecule has 5 aromatic carbocycles. The zero-order valence-corrected chi connectivity index (χ0v) is 27.1. The second-order valence-corrected chi connectivity index (χ2v) is 12.2. The first-order valence-corrected chi connectivity index (χ1v) is 15.7. The number of aliphatic hydroxyl groups excluding tert-OH is 2. The first kappa shape index (κ1) is 30.4. The summed E-state index contributed by atoms with van der Waals surface area (Å²) < 4.78 is 14.6. The van der Waals surface area contributed by atoms with Crippen molar-refractivity contribution in [1.82, 2.24) is 4.48 Å². The lowest BCUT2D eigenvalue weighted by molar-refractivity contribution is -0.419. The molecule has 47 heavy (non-hydrogen) atoms. The molecule has 2 N–H and O–H groups in total. The average Bonchev–Trinajstić information content (AvgIpc) is 3.45. The maximum Gasteiger partial charge on any atom is 0.386 e. The first-order chi connectivity index (χ1) is 22.9. The second-order valence-electron chi connectivity index (χ2n) is 12.2. The third-order valence-corrected chi connectivity index (χ3v) is 9.34. The van der Waals surface area contributed by atoms with Gasteiger partial charge in [0.1, 0.15) is 12.6 Å². The molecule has 0 bridgehead atoms. The summed E-state index contributed by atoms with van der Waals surface area (Å²) in [6.45, 7) is -0.287. The molecule has 0 fully saturated rings. The van der Waals surface area contributed by atoms with Crippen LogP contribution in [0.4, 0.5) is 5.69 Å². The van der Waals surface area contributed by atoms with Crippen molar-refractivity contribution in [3.63, 3.8) is 0 Å². The number of rotatable bonds is 8. The van der Waals surface area contributed by atoms with Gasteiger partial charge in [-0.3, -0.25) is 0 Å². The minimum Gasteiger partial charge on any atom is -0.493 e. The van der Waals surface area contributed by atoms with Gasteiger partial charge in [0.15, 0.2) is 23.4 Å². The molecule has 2 heterocycles. The van der Waals surface area contributed by atoms with E-state index in [2.05, 4.69) is 110 Å². The molecule has 0 amide bonds. The number of quaternary nitrogens is 1. The third kappa shape index (κ3) is 5.17. The van der Waals surface area contributed by atoms with Gasteiger partial charge in [0, 0.05) is 17.2 Å². The van der Waals surface area contributed by atoms with Crippen molar-refractivity contribution in [2.24, 2.45) is 0 Å². The zero-order chi connectivity index (χ0) is 32.7. The van der Waals surface area contributed by atoms with Crippen LogP contribution in [0.1, 0.15) is 22.3 Å². The molecule has 1 unspecified atom stereocenters. The number of benzene rings is 5. The van der Waals surface area contributed by atoms with Crippen LogP contribution >= 0.6 is 0 Å². The van der Waals surface area contributed by atoms with Gasteiger partial charge in [-0.2, -0.15) is 4.48 Å². The van der Waals surface area contributed by atoms with Crippen LogP contribution in [0, 0.1) is 0 Å². The van der Waals surface area contributed by atoms with Crippen LogP contribution in [0.5, 0.6) is 11.5 Å². The average molecular weight is 623 g/mol. The Morgan fingerprint density at radius 3 is 1.83 bits per heavy atom. The van der Waals surface area contributed by atoms with Gasteiger partial charge in [-0.05, 0) is 87.0 Å². The van der Waals surface area contributed by atoms with E-state index in [1.807, 2.05) is 30.3 Å². The third-order valence-electron chi connectivity index (χ3n) is 9.34. The highest BCUT2D eigenvalue weighted by Crippen LogP contribution is 2.47. The minimum atomic E-state index is -0.148. The molecule has 1 atom stereocenters. The normalized spacial score (nSPS) is 16.5. The van der Waals surface area contributed by atoms with E-state index in [1.54, 1.807) is 14.2 Å². The fourth-order valence-corrected chi connectivity index (χ4v) is 6.99. The maximum absolute atomic E-state index is 10.1. The molecule has 234 valence electrons. The smallest absolute Gasteiger partial charge is 0.386 e. The number of fused-ring (bicyclic) bond motifs is 3. The van der Waals surface area contributed by atoms with E-state index in [0.29, 0.717) is 21.5 Å². The Kier molecular flexibility index (Phi) is 7.86. The van der Waals surface area contributed by atoms with Gasteiger partial charge < -0.3 is 19.7 Å². The molecule has 0 radical (unpaired) electrons. The van der Waals surface area contributed by atoms with Crippen LogP contribution in [-0.4, -0.2) is 48.9 Å². The Balaban J connectivity index is 1.49. The van der Waals surface area contributed by atoms with Crippen LogP contribution < -0.4 is 14.0 Å². The molecule has 0 aromatic heterocycles. The van der Waals surface area contributed by atoms with Gasteiger partial charge in [0.25, 0.3) is 0 Å². The van der Waals surface area contributed by atoms with Crippen molar-refractivity contribution in [1.29, 1.82) is 0 Å². The van der Waals surface area contributed by atoms with E-state index in [4.69, 9.17) is 9.47 Å². The first-order valence-electron chi connectivity index (χ1n) is 15.7. The van der Waals surface area contributed by atoms with Gasteiger partial charge in [0.2, 0.25) is 6.20 Å². The molecule has 0 aliphatic carbocycles. The Morgan fingerprint density at radius 1 is 0.660 bits per heavy atom. The summed E-state index contributed by atoms with van der Waals surface area (Å²) in [4.78, 5) is 0. The van der Waals surface area contributed by atoms with E-state index in [0.717, 1.165) is 67.2 Å². The Morgan fingerprint density at radius 2 is 1.26 bits per heavy atom. The van der Waals surface area contributed by atoms with Gasteiger partial charge >= 0.3 is 5.84 Å². The number of methoxy groups -OCH3 is 2. The Labute approximate surface area is 275 Å². The highest BCUT2D eigenvalue weighted by Gasteiger charge is 2.49. The number of ether oxygens (including phenoxy) is 2. The standard InChI is InChI=1S/C41H38N2O4/c1-42-15-16-43(2)38-23-35(26-45)34(25-44)20-33(38)22-37(41(42)43)32-21-36(40(47-4)39(24-32)46-3)31-18-29(27-11-7-5-8-12-27)17-30(19-31)28-13-9-6-10-14-28/h5-24,44-45H,25-26H2,1-4H3/q+2. The monoisotopic (exact) mass is 622 g/mol. The van der Waals surface area contributed by atoms with Crippen LogP contribution in [0.25, 0.3) is 45.0 Å². The second kappa shape index (κ2) is 12.2. The largest absolute Gasteiger partial charge is 0.493 e. The van der Waals surface area contributed by atoms with E-state index in [1.165, 1.54) is 0 Å². The lowest BCUT2D eigenvalue weighted by atomic mass is 9.88. The maximum atomic E-state index is 10.1. The van der Waals surface area contributed by atoms with Crippen molar-refractivity contribution in [3.05, 3.63) is 138 Å². The van der Waals surface area contributed by atoms with Crippen LogP contribution in [0.2, 0.25) is 0 Å². The molecule has 6 nitrogen and oxygen atoms in total. The summed E-state index contributed by atoms with van der Waals surface area (Å²) in [6.07, 6.45) is 6.40. The molecule has 0 saturated heterocycles. The molecular formula is C41H38N2O4+2. The molecule has 6 heteroatoms. The van der Waals surface area contributed by atoms with Crippen LogP contribution in [-0.2, 0) is 13.2 Å². The molecular weight excluding hydrogens is 584 g/mol. The molecule has 2 aliphatic heterocycles. The zero-order valence-electron chi connectivity index (χ0n) is 27.1. The number of amidine groups is 1. The van der Waals surface area contributed by atoms with Gasteiger partial charge in [-0.15, -0.1) is 4.58 Å². The fourth-order valence-electron chi connectivity index (χ4n) is 6.99. The highest BCUT2D eigenvalue weighted by molar-refractivity contribution is 6.32. The Hall–Kier alpha value is -5.27. The number of likely N-dealkylation sites (N-methyl/N-ethyl adjacent to an activating group) is 1. The SMILES string of the molecule is COc1cc(C2=Cc3cc(CO)c(CO)cc3[N+]3(C)C=C[N+](C)=C23)cc(-c2cc(-c3ccccc3)cc(-c3ccccc3)c2)c1OC. The number of nitrogens with zero attached hydrogens (tertiary/aromatic N) is 2. The number of hydrogen-bond acceptors (Lipinski definition) is 4. The fraction of sp³-hybridized carbons (Fsp3) is 0.146. The summed E-state index contributed by atoms with van der Waals surface area (Å²) in [7, 11) is 7.56.